The first-order chi connectivity index (χ1) is 9.65. The summed E-state index contributed by atoms with van der Waals surface area (Å²) in [6, 6.07) is 9.45. The van der Waals surface area contributed by atoms with E-state index in [9.17, 15) is 0 Å². The van der Waals surface area contributed by atoms with Crippen LogP contribution in [0.3, 0.4) is 0 Å². The van der Waals surface area contributed by atoms with Crippen molar-refractivity contribution in [2.45, 2.75) is 52.1 Å². The van der Waals surface area contributed by atoms with Crippen molar-refractivity contribution in [1.82, 2.24) is 15.1 Å². The zero-order chi connectivity index (χ0) is 14.1. The summed E-state index contributed by atoms with van der Waals surface area (Å²) in [5, 5.41) is 8.08. The predicted molar refractivity (Wildman–Crippen MR) is 82.3 cm³/mol. The fraction of sp³-hybridized carbons (Fsp3) is 0.471. The Hall–Kier alpha value is -1.61. The van der Waals surface area contributed by atoms with E-state index in [1.54, 1.807) is 0 Å². The predicted octanol–water partition coefficient (Wildman–Crippen LogP) is 3.56. The molecule has 0 spiro atoms. The van der Waals surface area contributed by atoms with Gasteiger partial charge in [-0.05, 0) is 43.4 Å². The molecule has 3 nitrogen and oxygen atoms in total. The number of aromatic nitrogens is 2. The van der Waals surface area contributed by atoms with Crippen LogP contribution in [0.25, 0.3) is 5.69 Å². The highest BCUT2D eigenvalue weighted by molar-refractivity contribution is 5.37. The van der Waals surface area contributed by atoms with Gasteiger partial charge in [0.2, 0.25) is 0 Å². The molecule has 3 heteroatoms. The van der Waals surface area contributed by atoms with Crippen molar-refractivity contribution >= 4 is 0 Å². The average molecular weight is 269 g/mol. The second kappa shape index (κ2) is 5.41. The van der Waals surface area contributed by atoms with Crippen molar-refractivity contribution < 1.29 is 0 Å². The van der Waals surface area contributed by atoms with Gasteiger partial charge in [-0.2, -0.15) is 5.10 Å². The highest BCUT2D eigenvalue weighted by Crippen LogP contribution is 2.21. The monoisotopic (exact) mass is 269 g/mol. The largest absolute Gasteiger partial charge is 0.310 e. The lowest BCUT2D eigenvalue weighted by molar-refractivity contribution is 0.684. The van der Waals surface area contributed by atoms with E-state index in [2.05, 4.69) is 55.5 Å². The summed E-state index contributed by atoms with van der Waals surface area (Å²) in [6.07, 6.45) is 4.63. The molecule has 2 aromatic rings. The first kappa shape index (κ1) is 13.4. The molecule has 1 aliphatic carbocycles. The smallest absolute Gasteiger partial charge is 0.0648 e. The van der Waals surface area contributed by atoms with Crippen LogP contribution < -0.4 is 5.32 Å². The molecule has 1 aromatic carbocycles. The first-order valence-corrected chi connectivity index (χ1v) is 7.52. The first-order valence-electron chi connectivity index (χ1n) is 7.52. The zero-order valence-electron chi connectivity index (χ0n) is 12.6. The maximum atomic E-state index is 4.54. The van der Waals surface area contributed by atoms with Crippen LogP contribution in [0.2, 0.25) is 0 Å². The highest BCUT2D eigenvalue weighted by Gasteiger charge is 2.20. The summed E-state index contributed by atoms with van der Waals surface area (Å²) in [6.45, 7) is 7.51. The second-order valence-electron chi connectivity index (χ2n) is 6.07. The van der Waals surface area contributed by atoms with Gasteiger partial charge in [0.1, 0.15) is 0 Å². The normalized spacial score (nSPS) is 15.0. The Balaban J connectivity index is 1.78. The van der Waals surface area contributed by atoms with Gasteiger partial charge in [-0.15, -0.1) is 0 Å². The number of nitrogens with zero attached hydrogens (tertiary/aromatic N) is 2. The Morgan fingerprint density at radius 2 is 1.95 bits per heavy atom. The summed E-state index contributed by atoms with van der Waals surface area (Å²) >= 11 is 0. The standard InChI is InChI=1S/C17H23N3/c1-12(2)14-4-8-17(9-5-14)20-13(3)15(11-19-20)10-18-16-6-7-16/h4-5,8-9,11-12,16,18H,6-7,10H2,1-3H3. The lowest BCUT2D eigenvalue weighted by Gasteiger charge is -2.09. The molecule has 0 atom stereocenters. The van der Waals surface area contributed by atoms with E-state index in [1.807, 2.05) is 10.9 Å². The van der Waals surface area contributed by atoms with E-state index in [-0.39, 0.29) is 0 Å². The third-order valence-electron chi connectivity index (χ3n) is 4.07. The maximum Gasteiger partial charge on any atom is 0.0648 e. The summed E-state index contributed by atoms with van der Waals surface area (Å²) in [5.41, 5.74) is 5.04. The Morgan fingerprint density at radius 1 is 1.25 bits per heavy atom. The van der Waals surface area contributed by atoms with Gasteiger partial charge >= 0.3 is 0 Å². The summed E-state index contributed by atoms with van der Waals surface area (Å²) < 4.78 is 2.04. The molecule has 3 rings (SSSR count). The lowest BCUT2D eigenvalue weighted by atomic mass is 10.0. The number of rotatable bonds is 5. The van der Waals surface area contributed by atoms with Crippen molar-refractivity contribution in [3.8, 4) is 5.69 Å². The number of hydrogen-bond donors (Lipinski definition) is 1. The van der Waals surface area contributed by atoms with E-state index in [1.165, 1.54) is 29.7 Å². The molecular weight excluding hydrogens is 246 g/mol. The van der Waals surface area contributed by atoms with Gasteiger partial charge in [-0.1, -0.05) is 26.0 Å². The van der Waals surface area contributed by atoms with E-state index < -0.39 is 0 Å². The highest BCUT2D eigenvalue weighted by atomic mass is 15.3. The molecule has 1 aliphatic rings. The average Bonchev–Trinajstić information content (AvgIpc) is 3.20. The molecule has 1 fully saturated rings. The molecule has 0 bridgehead atoms. The van der Waals surface area contributed by atoms with Gasteiger partial charge < -0.3 is 5.32 Å². The summed E-state index contributed by atoms with van der Waals surface area (Å²) in [7, 11) is 0. The quantitative estimate of drug-likeness (QED) is 0.899. The van der Waals surface area contributed by atoms with E-state index in [0.29, 0.717) is 5.92 Å². The van der Waals surface area contributed by atoms with Crippen molar-refractivity contribution in [2.75, 3.05) is 0 Å². The zero-order valence-corrected chi connectivity index (χ0v) is 12.6. The molecule has 1 N–H and O–H groups in total. The molecule has 1 heterocycles. The van der Waals surface area contributed by atoms with Crippen molar-refractivity contribution in [3.63, 3.8) is 0 Å². The molecule has 0 saturated heterocycles. The fourth-order valence-electron chi connectivity index (χ4n) is 2.42. The van der Waals surface area contributed by atoms with E-state index in [0.717, 1.165) is 18.3 Å². The van der Waals surface area contributed by atoms with Crippen LogP contribution in [0.15, 0.2) is 30.5 Å². The molecule has 0 unspecified atom stereocenters. The molecule has 0 amide bonds. The van der Waals surface area contributed by atoms with Gasteiger partial charge in [0.25, 0.3) is 0 Å². The third-order valence-corrected chi connectivity index (χ3v) is 4.07. The van der Waals surface area contributed by atoms with Crippen LogP contribution in [-0.4, -0.2) is 15.8 Å². The molecule has 0 radical (unpaired) electrons. The van der Waals surface area contributed by atoms with Crippen LogP contribution in [0, 0.1) is 6.92 Å². The Morgan fingerprint density at radius 3 is 2.55 bits per heavy atom. The third kappa shape index (κ3) is 2.78. The summed E-state index contributed by atoms with van der Waals surface area (Å²) in [4.78, 5) is 0. The maximum absolute atomic E-state index is 4.54. The van der Waals surface area contributed by atoms with Gasteiger partial charge in [0.15, 0.2) is 0 Å². The minimum absolute atomic E-state index is 0.570. The van der Waals surface area contributed by atoms with Crippen molar-refractivity contribution in [1.29, 1.82) is 0 Å². The molecule has 0 aliphatic heterocycles. The van der Waals surface area contributed by atoms with Crippen LogP contribution in [0.4, 0.5) is 0 Å². The van der Waals surface area contributed by atoms with Gasteiger partial charge in [0.05, 0.1) is 11.9 Å². The molecular formula is C17H23N3. The molecule has 20 heavy (non-hydrogen) atoms. The Kier molecular flexibility index (Phi) is 3.62. The molecule has 106 valence electrons. The van der Waals surface area contributed by atoms with Gasteiger partial charge in [-0.3, -0.25) is 0 Å². The number of benzene rings is 1. The van der Waals surface area contributed by atoms with Crippen molar-refractivity contribution in [3.05, 3.63) is 47.3 Å². The minimum atomic E-state index is 0.570. The SMILES string of the molecule is Cc1c(CNC2CC2)cnn1-c1ccc(C(C)C)cc1. The fourth-order valence-corrected chi connectivity index (χ4v) is 2.42. The summed E-state index contributed by atoms with van der Waals surface area (Å²) in [5.74, 6) is 0.570. The Labute approximate surface area is 121 Å². The van der Waals surface area contributed by atoms with Crippen LogP contribution in [0.5, 0.6) is 0 Å². The topological polar surface area (TPSA) is 29.9 Å². The lowest BCUT2D eigenvalue weighted by Crippen LogP contribution is -2.15. The van der Waals surface area contributed by atoms with Crippen LogP contribution in [-0.2, 0) is 6.54 Å². The van der Waals surface area contributed by atoms with E-state index >= 15 is 0 Å². The number of hydrogen-bond acceptors (Lipinski definition) is 2. The Bertz CT molecular complexity index is 577. The molecule has 1 saturated carbocycles. The van der Waals surface area contributed by atoms with Gasteiger partial charge in [0, 0.05) is 23.8 Å². The second-order valence-corrected chi connectivity index (χ2v) is 6.07. The van der Waals surface area contributed by atoms with Crippen LogP contribution >= 0.6 is 0 Å². The van der Waals surface area contributed by atoms with Crippen molar-refractivity contribution in [2.24, 2.45) is 0 Å². The molecule has 1 aromatic heterocycles. The minimum Gasteiger partial charge on any atom is -0.310 e. The van der Waals surface area contributed by atoms with Gasteiger partial charge in [-0.25, -0.2) is 4.68 Å². The van der Waals surface area contributed by atoms with Crippen LogP contribution in [0.1, 0.15) is 49.4 Å². The van der Waals surface area contributed by atoms with E-state index in [4.69, 9.17) is 0 Å². The number of nitrogens with one attached hydrogen (secondary N) is 1.